The van der Waals surface area contributed by atoms with Gasteiger partial charge in [-0.1, -0.05) is 0 Å². The van der Waals surface area contributed by atoms with E-state index >= 15 is 0 Å². The third-order valence-electron chi connectivity index (χ3n) is 1.45. The Morgan fingerprint density at radius 2 is 2.23 bits per heavy atom. The smallest absolute Gasteiger partial charge is 0.214 e. The second kappa shape index (κ2) is 5.58. The third kappa shape index (κ3) is 4.51. The maximum Gasteiger partial charge on any atom is 0.227 e. The van der Waals surface area contributed by atoms with Crippen LogP contribution in [0.25, 0.3) is 0 Å². The molecule has 1 N–H and O–H groups in total. The van der Waals surface area contributed by atoms with Gasteiger partial charge in [-0.05, 0) is 13.3 Å². The van der Waals surface area contributed by atoms with Gasteiger partial charge < -0.3 is 0 Å². The fourth-order valence-electron chi connectivity index (χ4n) is 0.599. The van der Waals surface area contributed by atoms with E-state index < -0.39 is 15.3 Å². The van der Waals surface area contributed by atoms with E-state index in [1.54, 1.807) is 6.07 Å². The molecule has 0 rings (SSSR count). The van der Waals surface area contributed by atoms with Crippen molar-refractivity contribution in [3.05, 3.63) is 0 Å². The highest BCUT2D eigenvalue weighted by Crippen LogP contribution is 1.96. The van der Waals surface area contributed by atoms with Gasteiger partial charge in [-0.3, -0.25) is 0 Å². The molecule has 0 radical (unpaired) electrons. The molecule has 4 nitrogen and oxygen atoms in total. The lowest BCUT2D eigenvalue weighted by Gasteiger charge is -2.06. The van der Waals surface area contributed by atoms with Crippen molar-refractivity contribution >= 4 is 10.0 Å². The van der Waals surface area contributed by atoms with Gasteiger partial charge in [-0.2, -0.15) is 5.26 Å². The fraction of sp³-hybridized carbons (Fsp3) is 0.625. The summed E-state index contributed by atoms with van der Waals surface area (Å²) in [5, 5.41) is 7.36. The zero-order valence-corrected chi connectivity index (χ0v) is 8.26. The lowest BCUT2D eigenvalue weighted by atomic mass is 10.3. The van der Waals surface area contributed by atoms with Crippen molar-refractivity contribution in [1.29, 1.82) is 5.26 Å². The molecule has 0 fully saturated rings. The van der Waals surface area contributed by atoms with Gasteiger partial charge in [0.1, 0.15) is 0 Å². The molecule has 13 heavy (non-hydrogen) atoms. The van der Waals surface area contributed by atoms with E-state index in [4.69, 9.17) is 11.7 Å². The molecule has 1 unspecified atom stereocenters. The molecule has 0 aliphatic rings. The second-order valence-corrected chi connectivity index (χ2v) is 4.60. The summed E-state index contributed by atoms with van der Waals surface area (Å²) in [6.45, 7) is 1.63. The van der Waals surface area contributed by atoms with Crippen LogP contribution in [0.4, 0.5) is 0 Å². The minimum atomic E-state index is -3.47. The Bertz CT molecular complexity index is 321. The van der Waals surface area contributed by atoms with Crippen LogP contribution >= 0.6 is 0 Å². The van der Waals surface area contributed by atoms with Crippen molar-refractivity contribution in [2.45, 2.75) is 25.0 Å². The van der Waals surface area contributed by atoms with E-state index in [0.29, 0.717) is 19.4 Å². The van der Waals surface area contributed by atoms with Crippen LogP contribution in [0, 0.1) is 23.7 Å². The highest BCUT2D eigenvalue weighted by molar-refractivity contribution is 7.90. The SMILES string of the molecule is C#CCCCNS(=O)(=O)C(C)C#N. The zero-order valence-electron chi connectivity index (χ0n) is 7.45. The first kappa shape index (κ1) is 12.0. The van der Waals surface area contributed by atoms with Gasteiger partial charge in [-0.25, -0.2) is 13.1 Å². The minimum Gasteiger partial charge on any atom is -0.214 e. The van der Waals surface area contributed by atoms with Gasteiger partial charge in [0.05, 0.1) is 6.07 Å². The summed E-state index contributed by atoms with van der Waals surface area (Å²) in [6, 6.07) is 1.66. The first-order chi connectivity index (χ1) is 6.04. The standard InChI is InChI=1S/C8H12N2O2S/c1-3-4-5-6-10-13(11,12)8(2)7-9/h1,8,10H,4-6H2,2H3. The molecule has 0 amide bonds. The molecule has 0 aromatic heterocycles. The van der Waals surface area contributed by atoms with E-state index in [1.807, 2.05) is 0 Å². The lowest BCUT2D eigenvalue weighted by molar-refractivity contribution is 0.575. The van der Waals surface area contributed by atoms with E-state index in [0.717, 1.165) is 0 Å². The highest BCUT2D eigenvalue weighted by atomic mass is 32.2. The van der Waals surface area contributed by atoms with Crippen molar-refractivity contribution in [2.24, 2.45) is 0 Å². The average Bonchev–Trinajstić information content (AvgIpc) is 2.11. The van der Waals surface area contributed by atoms with Crippen LogP contribution in [0.2, 0.25) is 0 Å². The molecular weight excluding hydrogens is 188 g/mol. The van der Waals surface area contributed by atoms with Crippen LogP contribution in [0.1, 0.15) is 19.8 Å². The molecule has 0 saturated carbocycles. The molecule has 0 aliphatic heterocycles. The van der Waals surface area contributed by atoms with Crippen LogP contribution in [-0.2, 0) is 10.0 Å². The van der Waals surface area contributed by atoms with Crippen LogP contribution < -0.4 is 4.72 Å². The predicted molar refractivity (Wildman–Crippen MR) is 50.1 cm³/mol. The number of hydrogen-bond acceptors (Lipinski definition) is 3. The summed E-state index contributed by atoms with van der Waals surface area (Å²) in [5.41, 5.74) is 0. The predicted octanol–water partition coefficient (Wildman–Crippen LogP) is 0.231. The van der Waals surface area contributed by atoms with Crippen molar-refractivity contribution in [3.63, 3.8) is 0 Å². The van der Waals surface area contributed by atoms with E-state index in [2.05, 4.69) is 10.6 Å². The number of nitrogens with zero attached hydrogens (tertiary/aromatic N) is 1. The van der Waals surface area contributed by atoms with Gasteiger partial charge in [0, 0.05) is 13.0 Å². The van der Waals surface area contributed by atoms with Gasteiger partial charge in [0.15, 0.2) is 5.25 Å². The minimum absolute atomic E-state index is 0.290. The summed E-state index contributed by atoms with van der Waals surface area (Å²) in [7, 11) is -3.47. The largest absolute Gasteiger partial charge is 0.227 e. The Kier molecular flexibility index (Phi) is 5.13. The second-order valence-electron chi connectivity index (χ2n) is 2.52. The van der Waals surface area contributed by atoms with Crippen LogP contribution in [0.5, 0.6) is 0 Å². The number of hydrogen-bond donors (Lipinski definition) is 1. The maximum absolute atomic E-state index is 11.1. The number of rotatable bonds is 5. The monoisotopic (exact) mass is 200 g/mol. The zero-order chi connectivity index (χ0) is 10.3. The Balaban J connectivity index is 3.94. The topological polar surface area (TPSA) is 70.0 Å². The Morgan fingerprint density at radius 3 is 2.69 bits per heavy atom. The summed E-state index contributed by atoms with van der Waals surface area (Å²) in [5.74, 6) is 2.40. The van der Waals surface area contributed by atoms with Crippen LogP contribution in [-0.4, -0.2) is 20.2 Å². The quantitative estimate of drug-likeness (QED) is 0.510. The normalized spacial score (nSPS) is 12.8. The summed E-state index contributed by atoms with van der Waals surface area (Å²) >= 11 is 0. The molecule has 0 saturated heterocycles. The van der Waals surface area contributed by atoms with Gasteiger partial charge in [-0.15, -0.1) is 12.3 Å². The van der Waals surface area contributed by atoms with Crippen LogP contribution in [0.3, 0.4) is 0 Å². The van der Waals surface area contributed by atoms with Crippen molar-refractivity contribution < 1.29 is 8.42 Å². The maximum atomic E-state index is 11.1. The first-order valence-corrected chi connectivity index (χ1v) is 5.40. The molecule has 0 bridgehead atoms. The van der Waals surface area contributed by atoms with Crippen molar-refractivity contribution in [1.82, 2.24) is 4.72 Å². The lowest BCUT2D eigenvalue weighted by Crippen LogP contribution is -2.32. The molecular formula is C8H12N2O2S. The first-order valence-electron chi connectivity index (χ1n) is 3.86. The number of nitrogens with one attached hydrogen (secondary N) is 1. The fourth-order valence-corrected chi connectivity index (χ4v) is 1.42. The van der Waals surface area contributed by atoms with Crippen molar-refractivity contribution in [3.8, 4) is 18.4 Å². The number of sulfonamides is 1. The third-order valence-corrected chi connectivity index (χ3v) is 3.09. The summed E-state index contributed by atoms with van der Waals surface area (Å²) in [6.07, 6.45) is 6.11. The number of unbranched alkanes of at least 4 members (excludes halogenated alkanes) is 1. The Hall–Kier alpha value is -1.04. The molecule has 0 heterocycles. The molecule has 0 aromatic rings. The molecule has 72 valence electrons. The number of terminal acetylenes is 1. The van der Waals surface area contributed by atoms with Crippen LogP contribution in [0.15, 0.2) is 0 Å². The molecule has 5 heteroatoms. The van der Waals surface area contributed by atoms with E-state index in [-0.39, 0.29) is 0 Å². The van der Waals surface area contributed by atoms with Gasteiger partial charge in [0.2, 0.25) is 10.0 Å². The molecule has 1 atom stereocenters. The van der Waals surface area contributed by atoms with Gasteiger partial charge >= 0.3 is 0 Å². The number of nitriles is 1. The van der Waals surface area contributed by atoms with E-state index in [9.17, 15) is 8.42 Å². The summed E-state index contributed by atoms with van der Waals surface area (Å²) in [4.78, 5) is 0. The summed E-state index contributed by atoms with van der Waals surface area (Å²) < 4.78 is 24.6. The van der Waals surface area contributed by atoms with Crippen molar-refractivity contribution in [2.75, 3.05) is 6.54 Å². The molecule has 0 aliphatic carbocycles. The molecule has 0 spiro atoms. The molecule has 0 aromatic carbocycles. The average molecular weight is 200 g/mol. The Labute approximate surface area is 79.0 Å². The van der Waals surface area contributed by atoms with Gasteiger partial charge in [0.25, 0.3) is 0 Å². The van der Waals surface area contributed by atoms with E-state index in [1.165, 1.54) is 6.92 Å². The highest BCUT2D eigenvalue weighted by Gasteiger charge is 2.18. The Morgan fingerprint density at radius 1 is 1.62 bits per heavy atom.